The normalized spacial score (nSPS) is 21.5. The zero-order valence-corrected chi connectivity index (χ0v) is 14.1. The molecule has 0 aromatic carbocycles. The highest BCUT2D eigenvalue weighted by atomic mass is 16.6. The van der Waals surface area contributed by atoms with Crippen molar-refractivity contribution < 1.29 is 28.6 Å². The predicted molar refractivity (Wildman–Crippen MR) is 78.9 cm³/mol. The SMILES string of the molecule is CCC(C)(C)C(=O)OC(C)(CC)C(=O)OC1CCCOC1=O. The lowest BCUT2D eigenvalue weighted by atomic mass is 9.90. The number of rotatable bonds is 6. The molecule has 1 rings (SSSR count). The fraction of sp³-hybridized carbons (Fsp3) is 0.812. The molecule has 1 saturated heterocycles. The molecule has 2 unspecified atom stereocenters. The maximum atomic E-state index is 12.4. The molecule has 126 valence electrons. The van der Waals surface area contributed by atoms with E-state index in [4.69, 9.17) is 14.2 Å². The summed E-state index contributed by atoms with van der Waals surface area (Å²) in [4.78, 5) is 36.1. The van der Waals surface area contributed by atoms with Crippen molar-refractivity contribution in [2.75, 3.05) is 6.61 Å². The highest BCUT2D eigenvalue weighted by Gasteiger charge is 2.43. The van der Waals surface area contributed by atoms with E-state index in [1.54, 1.807) is 20.8 Å². The molecule has 1 heterocycles. The lowest BCUT2D eigenvalue weighted by Gasteiger charge is -2.32. The van der Waals surface area contributed by atoms with Gasteiger partial charge in [-0.3, -0.25) is 4.79 Å². The Morgan fingerprint density at radius 3 is 2.32 bits per heavy atom. The average molecular weight is 314 g/mol. The monoisotopic (exact) mass is 314 g/mol. The Kier molecular flexibility index (Phi) is 5.97. The smallest absolute Gasteiger partial charge is 0.351 e. The summed E-state index contributed by atoms with van der Waals surface area (Å²) < 4.78 is 15.5. The summed E-state index contributed by atoms with van der Waals surface area (Å²) in [5, 5.41) is 0. The topological polar surface area (TPSA) is 78.9 Å². The van der Waals surface area contributed by atoms with Crippen molar-refractivity contribution in [2.45, 2.75) is 72.0 Å². The van der Waals surface area contributed by atoms with Gasteiger partial charge in [0.15, 0.2) is 6.10 Å². The number of ether oxygens (including phenoxy) is 3. The van der Waals surface area contributed by atoms with Crippen LogP contribution in [-0.4, -0.2) is 36.2 Å². The lowest BCUT2D eigenvalue weighted by Crippen LogP contribution is -2.47. The summed E-state index contributed by atoms with van der Waals surface area (Å²) in [5.41, 5.74) is -2.08. The van der Waals surface area contributed by atoms with E-state index in [1.165, 1.54) is 6.92 Å². The molecule has 0 spiro atoms. The third-order valence-corrected chi connectivity index (χ3v) is 4.23. The average Bonchev–Trinajstić information content (AvgIpc) is 2.49. The van der Waals surface area contributed by atoms with Gasteiger partial charge >= 0.3 is 17.9 Å². The zero-order valence-electron chi connectivity index (χ0n) is 14.1. The van der Waals surface area contributed by atoms with Crippen LogP contribution in [0.5, 0.6) is 0 Å². The Labute approximate surface area is 131 Å². The Morgan fingerprint density at radius 1 is 1.18 bits per heavy atom. The van der Waals surface area contributed by atoms with Crippen molar-refractivity contribution in [3.8, 4) is 0 Å². The summed E-state index contributed by atoms with van der Waals surface area (Å²) >= 11 is 0. The van der Waals surface area contributed by atoms with Gasteiger partial charge < -0.3 is 14.2 Å². The van der Waals surface area contributed by atoms with Gasteiger partial charge in [0.2, 0.25) is 5.60 Å². The van der Waals surface area contributed by atoms with Crippen molar-refractivity contribution in [1.82, 2.24) is 0 Å². The van der Waals surface area contributed by atoms with Crippen molar-refractivity contribution >= 4 is 17.9 Å². The van der Waals surface area contributed by atoms with E-state index in [0.29, 0.717) is 25.9 Å². The zero-order chi connectivity index (χ0) is 17.0. The van der Waals surface area contributed by atoms with Gasteiger partial charge in [-0.1, -0.05) is 13.8 Å². The van der Waals surface area contributed by atoms with Gasteiger partial charge in [0.1, 0.15) is 0 Å². The van der Waals surface area contributed by atoms with Gasteiger partial charge in [-0.25, -0.2) is 9.59 Å². The number of hydrogen-bond donors (Lipinski definition) is 0. The molecule has 22 heavy (non-hydrogen) atoms. The van der Waals surface area contributed by atoms with E-state index in [-0.39, 0.29) is 6.42 Å². The van der Waals surface area contributed by atoms with Crippen LogP contribution in [0.15, 0.2) is 0 Å². The minimum atomic E-state index is -1.40. The Morgan fingerprint density at radius 2 is 1.82 bits per heavy atom. The summed E-state index contributed by atoms with van der Waals surface area (Å²) in [6.07, 6.45) is 1.02. The first-order valence-corrected chi connectivity index (χ1v) is 7.77. The first-order chi connectivity index (χ1) is 10.2. The molecule has 6 nitrogen and oxygen atoms in total. The molecule has 1 aliphatic heterocycles. The van der Waals surface area contributed by atoms with Crippen molar-refractivity contribution in [2.24, 2.45) is 5.41 Å². The molecule has 0 amide bonds. The third-order valence-electron chi connectivity index (χ3n) is 4.23. The molecule has 0 radical (unpaired) electrons. The van der Waals surface area contributed by atoms with E-state index in [1.807, 2.05) is 6.92 Å². The van der Waals surface area contributed by atoms with Crippen LogP contribution in [0.4, 0.5) is 0 Å². The van der Waals surface area contributed by atoms with Gasteiger partial charge in [-0.15, -0.1) is 0 Å². The number of cyclic esters (lactones) is 1. The minimum absolute atomic E-state index is 0.263. The van der Waals surface area contributed by atoms with Crippen LogP contribution in [-0.2, 0) is 28.6 Å². The Balaban J connectivity index is 2.77. The highest BCUT2D eigenvalue weighted by Crippen LogP contribution is 2.28. The molecule has 0 bridgehead atoms. The van der Waals surface area contributed by atoms with Crippen molar-refractivity contribution in [3.05, 3.63) is 0 Å². The standard InChI is InChI=1S/C16H26O6/c1-6-15(3,4)13(18)22-16(5,7-2)14(19)21-11-9-8-10-20-12(11)17/h11H,6-10H2,1-5H3. The quantitative estimate of drug-likeness (QED) is 0.553. The van der Waals surface area contributed by atoms with Crippen LogP contribution in [0, 0.1) is 5.41 Å². The Hall–Kier alpha value is -1.59. The summed E-state index contributed by atoms with van der Waals surface area (Å²) in [5.74, 6) is -1.71. The van der Waals surface area contributed by atoms with Crippen LogP contribution in [0.3, 0.4) is 0 Å². The molecule has 0 aromatic heterocycles. The van der Waals surface area contributed by atoms with E-state index < -0.39 is 35.0 Å². The maximum Gasteiger partial charge on any atom is 0.351 e. The van der Waals surface area contributed by atoms with Crippen molar-refractivity contribution in [3.63, 3.8) is 0 Å². The molecule has 1 aliphatic rings. The predicted octanol–water partition coefficient (Wildman–Crippen LogP) is 2.38. The molecule has 2 atom stereocenters. The largest absolute Gasteiger partial charge is 0.463 e. The van der Waals surface area contributed by atoms with Crippen LogP contribution in [0.2, 0.25) is 0 Å². The summed E-state index contributed by atoms with van der Waals surface area (Å²) in [6.45, 7) is 8.98. The van der Waals surface area contributed by atoms with Crippen LogP contribution < -0.4 is 0 Å². The minimum Gasteiger partial charge on any atom is -0.463 e. The molecular formula is C16H26O6. The number of esters is 3. The van der Waals surface area contributed by atoms with Crippen LogP contribution >= 0.6 is 0 Å². The number of carbonyl (C=O) groups is 3. The van der Waals surface area contributed by atoms with Crippen LogP contribution in [0.25, 0.3) is 0 Å². The van der Waals surface area contributed by atoms with Gasteiger partial charge in [0.05, 0.1) is 12.0 Å². The van der Waals surface area contributed by atoms with E-state index in [0.717, 1.165) is 0 Å². The summed E-state index contributed by atoms with van der Waals surface area (Å²) in [6, 6.07) is 0. The molecular weight excluding hydrogens is 288 g/mol. The number of carbonyl (C=O) groups excluding carboxylic acids is 3. The lowest BCUT2D eigenvalue weighted by molar-refractivity contribution is -0.195. The van der Waals surface area contributed by atoms with Gasteiger partial charge in [0, 0.05) is 0 Å². The fourth-order valence-corrected chi connectivity index (χ4v) is 1.76. The van der Waals surface area contributed by atoms with Gasteiger partial charge in [0.25, 0.3) is 0 Å². The maximum absolute atomic E-state index is 12.4. The first kappa shape index (κ1) is 18.5. The van der Waals surface area contributed by atoms with Crippen molar-refractivity contribution in [1.29, 1.82) is 0 Å². The van der Waals surface area contributed by atoms with E-state index >= 15 is 0 Å². The van der Waals surface area contributed by atoms with Crippen LogP contribution in [0.1, 0.15) is 60.3 Å². The molecule has 0 saturated carbocycles. The third kappa shape index (κ3) is 4.21. The molecule has 0 aromatic rings. The Bertz CT molecular complexity index is 442. The second-order valence-corrected chi connectivity index (χ2v) is 6.42. The molecule has 6 heteroatoms. The molecule has 1 fully saturated rings. The van der Waals surface area contributed by atoms with Gasteiger partial charge in [-0.05, 0) is 46.5 Å². The summed E-state index contributed by atoms with van der Waals surface area (Å²) in [7, 11) is 0. The van der Waals surface area contributed by atoms with E-state index in [2.05, 4.69) is 0 Å². The molecule has 0 aliphatic carbocycles. The molecule has 0 N–H and O–H groups in total. The first-order valence-electron chi connectivity index (χ1n) is 7.77. The fourth-order valence-electron chi connectivity index (χ4n) is 1.76. The highest BCUT2D eigenvalue weighted by molar-refractivity contribution is 5.87. The van der Waals surface area contributed by atoms with Gasteiger partial charge in [-0.2, -0.15) is 0 Å². The second kappa shape index (κ2) is 7.11. The van der Waals surface area contributed by atoms with E-state index in [9.17, 15) is 14.4 Å². The number of hydrogen-bond acceptors (Lipinski definition) is 6. The second-order valence-electron chi connectivity index (χ2n) is 6.42.